The lowest BCUT2D eigenvalue weighted by molar-refractivity contribution is -0.140. The Morgan fingerprint density at radius 2 is 2.39 bits per heavy atom. The molecule has 2 aliphatic rings. The van der Waals surface area contributed by atoms with Crippen molar-refractivity contribution in [3.8, 4) is 0 Å². The van der Waals surface area contributed by atoms with Gasteiger partial charge < -0.3 is 14.8 Å². The number of carbonyl (C=O) groups is 1. The molecule has 0 aromatic carbocycles. The van der Waals surface area contributed by atoms with Crippen LogP contribution in [-0.2, 0) is 17.9 Å². The van der Waals surface area contributed by atoms with E-state index in [9.17, 15) is 4.79 Å². The molecule has 5 nitrogen and oxygen atoms in total. The Morgan fingerprint density at radius 3 is 3.11 bits per heavy atom. The van der Waals surface area contributed by atoms with E-state index in [1.807, 2.05) is 0 Å². The van der Waals surface area contributed by atoms with Crippen LogP contribution in [0.25, 0.3) is 0 Å². The van der Waals surface area contributed by atoms with Gasteiger partial charge in [-0.25, -0.2) is 0 Å². The smallest absolute Gasteiger partial charge is 0.320 e. The van der Waals surface area contributed by atoms with Crippen molar-refractivity contribution in [3.63, 3.8) is 0 Å². The van der Waals surface area contributed by atoms with Gasteiger partial charge in [0, 0.05) is 18.0 Å². The zero-order valence-corrected chi connectivity index (χ0v) is 10.5. The molecule has 2 atom stereocenters. The molecule has 1 aromatic heterocycles. The molecule has 0 aliphatic carbocycles. The maximum Gasteiger partial charge on any atom is 0.320 e. The molecule has 0 spiro atoms. The number of furan rings is 1. The molecule has 2 unspecified atom stereocenters. The fraction of sp³-hybridized carbons (Fsp3) is 0.615. The molecule has 1 aromatic rings. The van der Waals surface area contributed by atoms with E-state index in [4.69, 9.17) is 9.52 Å². The van der Waals surface area contributed by atoms with Crippen LogP contribution in [0, 0.1) is 0 Å². The van der Waals surface area contributed by atoms with Crippen LogP contribution in [0.4, 0.5) is 0 Å². The van der Waals surface area contributed by atoms with Gasteiger partial charge in [0.05, 0.1) is 6.54 Å². The predicted octanol–water partition coefficient (Wildman–Crippen LogP) is 1.15. The van der Waals surface area contributed by atoms with Crippen molar-refractivity contribution in [2.75, 3.05) is 13.6 Å². The van der Waals surface area contributed by atoms with Crippen LogP contribution in [0.2, 0.25) is 0 Å². The number of carboxylic acid groups (broad SMARTS) is 1. The highest BCUT2D eigenvalue weighted by Gasteiger charge is 2.31. The van der Waals surface area contributed by atoms with Gasteiger partial charge >= 0.3 is 5.97 Å². The highest BCUT2D eigenvalue weighted by Crippen LogP contribution is 2.34. The lowest BCUT2D eigenvalue weighted by Gasteiger charge is -2.26. The van der Waals surface area contributed by atoms with Crippen molar-refractivity contribution >= 4 is 5.97 Å². The Labute approximate surface area is 106 Å². The first-order valence-electron chi connectivity index (χ1n) is 6.39. The molecular weight excluding hydrogens is 232 g/mol. The van der Waals surface area contributed by atoms with Gasteiger partial charge in [-0.2, -0.15) is 0 Å². The van der Waals surface area contributed by atoms with E-state index in [1.54, 1.807) is 0 Å². The van der Waals surface area contributed by atoms with Crippen LogP contribution in [0.3, 0.4) is 0 Å². The average molecular weight is 250 g/mol. The fourth-order valence-electron chi connectivity index (χ4n) is 2.91. The van der Waals surface area contributed by atoms with Crippen LogP contribution in [0.5, 0.6) is 0 Å². The molecule has 0 radical (unpaired) electrons. The predicted molar refractivity (Wildman–Crippen MR) is 65.3 cm³/mol. The first-order chi connectivity index (χ1) is 8.63. The summed E-state index contributed by atoms with van der Waals surface area (Å²) in [6.07, 6.45) is 1.57. The number of aliphatic carboxylic acids is 1. The third-order valence-electron chi connectivity index (χ3n) is 3.87. The van der Waals surface area contributed by atoms with E-state index in [-0.39, 0.29) is 5.92 Å². The normalized spacial score (nSPS) is 28.3. The van der Waals surface area contributed by atoms with E-state index in [0.717, 1.165) is 37.6 Å². The first kappa shape index (κ1) is 11.7. The fourth-order valence-corrected chi connectivity index (χ4v) is 2.91. The minimum absolute atomic E-state index is 0.239. The summed E-state index contributed by atoms with van der Waals surface area (Å²) < 4.78 is 5.90. The summed E-state index contributed by atoms with van der Waals surface area (Å²) in [5, 5.41) is 12.1. The summed E-state index contributed by atoms with van der Waals surface area (Å²) in [6, 6.07) is 1.68. The largest absolute Gasteiger partial charge is 0.480 e. The monoisotopic (exact) mass is 250 g/mol. The van der Waals surface area contributed by atoms with Gasteiger partial charge in [0.25, 0.3) is 0 Å². The maximum atomic E-state index is 11.0. The van der Waals surface area contributed by atoms with Crippen LogP contribution in [-0.4, -0.2) is 35.6 Å². The molecule has 0 bridgehead atoms. The summed E-state index contributed by atoms with van der Waals surface area (Å²) >= 11 is 0. The van der Waals surface area contributed by atoms with Gasteiger partial charge in [-0.1, -0.05) is 0 Å². The van der Waals surface area contributed by atoms with Crippen molar-refractivity contribution in [2.45, 2.75) is 37.9 Å². The zero-order valence-electron chi connectivity index (χ0n) is 10.5. The Bertz CT molecular complexity index is 445. The Hall–Kier alpha value is -1.33. The van der Waals surface area contributed by atoms with Gasteiger partial charge in [-0.15, -0.1) is 0 Å². The van der Waals surface area contributed by atoms with Gasteiger partial charge in [0.2, 0.25) is 0 Å². The number of carboxylic acids is 1. The summed E-state index contributed by atoms with van der Waals surface area (Å²) in [7, 11) is 2.07. The number of hydrogen-bond donors (Lipinski definition) is 2. The molecule has 98 valence electrons. The second-order valence-electron chi connectivity index (χ2n) is 5.34. The lowest BCUT2D eigenvalue weighted by Crippen LogP contribution is -2.42. The van der Waals surface area contributed by atoms with Crippen LogP contribution < -0.4 is 5.32 Å². The first-order valence-corrected chi connectivity index (χ1v) is 6.39. The number of hydrogen-bond acceptors (Lipinski definition) is 4. The number of piperidine rings is 1. The molecule has 2 aliphatic heterocycles. The lowest BCUT2D eigenvalue weighted by atomic mass is 9.90. The topological polar surface area (TPSA) is 65.7 Å². The van der Waals surface area contributed by atoms with E-state index in [2.05, 4.69) is 23.3 Å². The van der Waals surface area contributed by atoms with Crippen molar-refractivity contribution in [1.82, 2.24) is 10.2 Å². The van der Waals surface area contributed by atoms with Crippen molar-refractivity contribution in [1.29, 1.82) is 0 Å². The molecule has 1 saturated heterocycles. The summed E-state index contributed by atoms with van der Waals surface area (Å²) in [5.41, 5.74) is 1.26. The number of fused-ring (bicyclic) bond motifs is 1. The van der Waals surface area contributed by atoms with Crippen molar-refractivity contribution < 1.29 is 14.3 Å². The standard InChI is InChI=1S/C13H18N2O3/c1-15-6-9-5-11(18-12(9)7-15)8-2-3-14-10(4-8)13(16)17/h5,8,10,14H,2-4,6-7H2,1H3,(H,16,17). The van der Waals surface area contributed by atoms with Gasteiger partial charge in [0.15, 0.2) is 0 Å². The number of nitrogens with zero attached hydrogens (tertiary/aromatic N) is 1. The SMILES string of the molecule is CN1Cc2cc(C3CCNC(C(=O)O)C3)oc2C1. The minimum atomic E-state index is -0.765. The molecule has 0 amide bonds. The van der Waals surface area contributed by atoms with E-state index in [1.165, 1.54) is 5.56 Å². The third-order valence-corrected chi connectivity index (χ3v) is 3.87. The Balaban J connectivity index is 1.75. The average Bonchev–Trinajstić information content (AvgIpc) is 2.86. The van der Waals surface area contributed by atoms with Gasteiger partial charge in [-0.05, 0) is 32.5 Å². The molecule has 3 heterocycles. The summed E-state index contributed by atoms with van der Waals surface area (Å²) in [6.45, 7) is 2.54. The van der Waals surface area contributed by atoms with E-state index >= 15 is 0 Å². The van der Waals surface area contributed by atoms with E-state index < -0.39 is 12.0 Å². The van der Waals surface area contributed by atoms with Crippen molar-refractivity contribution in [2.24, 2.45) is 0 Å². The zero-order chi connectivity index (χ0) is 12.7. The Morgan fingerprint density at radius 1 is 1.56 bits per heavy atom. The van der Waals surface area contributed by atoms with Crippen LogP contribution in [0.1, 0.15) is 35.8 Å². The molecule has 5 heteroatoms. The maximum absolute atomic E-state index is 11.0. The highest BCUT2D eigenvalue weighted by molar-refractivity contribution is 5.73. The third kappa shape index (κ3) is 2.04. The number of rotatable bonds is 2. The van der Waals surface area contributed by atoms with Gasteiger partial charge in [-0.3, -0.25) is 9.69 Å². The summed E-state index contributed by atoms with van der Waals surface area (Å²) in [5.74, 6) is 1.50. The summed E-state index contributed by atoms with van der Waals surface area (Å²) in [4.78, 5) is 13.2. The van der Waals surface area contributed by atoms with Crippen LogP contribution in [0.15, 0.2) is 10.5 Å². The molecule has 18 heavy (non-hydrogen) atoms. The minimum Gasteiger partial charge on any atom is -0.480 e. The molecular formula is C13H18N2O3. The molecule has 1 fully saturated rings. The molecule has 0 saturated carbocycles. The van der Waals surface area contributed by atoms with E-state index in [0.29, 0.717) is 6.42 Å². The quantitative estimate of drug-likeness (QED) is 0.824. The molecule has 2 N–H and O–H groups in total. The second kappa shape index (κ2) is 4.40. The van der Waals surface area contributed by atoms with Crippen molar-refractivity contribution in [3.05, 3.63) is 23.2 Å². The van der Waals surface area contributed by atoms with Gasteiger partial charge in [0.1, 0.15) is 17.6 Å². The highest BCUT2D eigenvalue weighted by atomic mass is 16.4. The van der Waals surface area contributed by atoms with Crippen LogP contribution >= 0.6 is 0 Å². The number of nitrogens with one attached hydrogen (secondary N) is 1. The molecule has 3 rings (SSSR count). The Kier molecular flexibility index (Phi) is 2.87. The second-order valence-corrected chi connectivity index (χ2v) is 5.34.